The number of hydrogen-bond donors (Lipinski definition) is 5. The molecule has 1 aliphatic carbocycles. The Bertz CT molecular complexity index is 1630. The summed E-state index contributed by atoms with van der Waals surface area (Å²) in [6.07, 6.45) is 0.200. The summed E-state index contributed by atoms with van der Waals surface area (Å²) in [5, 5.41) is 16.9. The topological polar surface area (TPSA) is 141 Å². The summed E-state index contributed by atoms with van der Waals surface area (Å²) in [6, 6.07) is 6.02. The van der Waals surface area contributed by atoms with E-state index in [1.165, 1.54) is 36.4 Å². The normalized spacial score (nSPS) is 18.6. The molecule has 0 aliphatic heterocycles. The van der Waals surface area contributed by atoms with Crippen LogP contribution in [0.1, 0.15) is 63.8 Å². The maximum absolute atomic E-state index is 14.5. The van der Waals surface area contributed by atoms with Crippen molar-refractivity contribution in [1.82, 2.24) is 20.5 Å². The third-order valence-corrected chi connectivity index (χ3v) is 9.76. The highest BCUT2D eigenvalue weighted by Gasteiger charge is 2.47. The lowest BCUT2D eigenvalue weighted by atomic mass is 9.78. The molecule has 13 heteroatoms. The molecule has 46 heavy (non-hydrogen) atoms. The van der Waals surface area contributed by atoms with Crippen molar-refractivity contribution in [1.29, 1.82) is 0 Å². The highest BCUT2D eigenvalue weighted by molar-refractivity contribution is 7.80. The number of nitrogens with one attached hydrogen (secondary N) is 3. The van der Waals surface area contributed by atoms with E-state index >= 15 is 0 Å². The molecule has 2 unspecified atom stereocenters. The number of halogens is 3. The van der Waals surface area contributed by atoms with Crippen molar-refractivity contribution in [3.05, 3.63) is 69.9 Å². The van der Waals surface area contributed by atoms with Crippen molar-refractivity contribution in [3.8, 4) is 0 Å². The number of nitrogens with two attached hydrogens (primary N) is 1. The van der Waals surface area contributed by atoms with Gasteiger partial charge in [-0.15, -0.1) is 0 Å². The molecule has 1 heterocycles. The van der Waals surface area contributed by atoms with E-state index < -0.39 is 53.1 Å². The number of carbonyl (C=O) groups excluding carboxylic acids is 2. The second-order valence-corrected chi connectivity index (χ2v) is 13.1. The van der Waals surface area contributed by atoms with Crippen LogP contribution in [-0.2, 0) is 29.0 Å². The quantitative estimate of drug-likeness (QED) is 0.153. The van der Waals surface area contributed by atoms with Crippen LogP contribution in [0.4, 0.5) is 13.6 Å². The summed E-state index contributed by atoms with van der Waals surface area (Å²) in [5.41, 5.74) is 6.86. The Labute approximate surface area is 277 Å². The van der Waals surface area contributed by atoms with Crippen LogP contribution in [0, 0.1) is 23.5 Å². The number of fused-ring (bicyclic) bond motifs is 3. The van der Waals surface area contributed by atoms with E-state index in [0.717, 1.165) is 10.6 Å². The van der Waals surface area contributed by atoms with Crippen molar-refractivity contribution >= 4 is 57.6 Å². The molecular formula is C33H40ClF2N5O4S. The predicted molar refractivity (Wildman–Crippen MR) is 178 cm³/mol. The molecule has 9 nitrogen and oxygen atoms in total. The molecule has 0 spiro atoms. The second kappa shape index (κ2) is 14.3. The summed E-state index contributed by atoms with van der Waals surface area (Å²) in [5.74, 6) is -2.80. The van der Waals surface area contributed by atoms with Crippen LogP contribution in [0.2, 0.25) is 5.02 Å². The maximum atomic E-state index is 14.5. The molecule has 1 aromatic heterocycles. The highest BCUT2D eigenvalue weighted by Crippen LogP contribution is 2.37. The van der Waals surface area contributed by atoms with Gasteiger partial charge in [0.25, 0.3) is 0 Å². The molecule has 0 saturated carbocycles. The van der Waals surface area contributed by atoms with Crippen molar-refractivity contribution < 1.29 is 28.3 Å². The van der Waals surface area contributed by atoms with Gasteiger partial charge in [0.15, 0.2) is 0 Å². The fraction of sp³-hybridized carbons (Fsp3) is 0.455. The van der Waals surface area contributed by atoms with E-state index in [9.17, 15) is 28.3 Å². The van der Waals surface area contributed by atoms with Crippen LogP contribution in [0.5, 0.6) is 0 Å². The zero-order chi connectivity index (χ0) is 33.9. The number of aromatic amines is 1. The van der Waals surface area contributed by atoms with Crippen LogP contribution in [0.25, 0.3) is 10.9 Å². The van der Waals surface area contributed by atoms with Gasteiger partial charge in [-0.2, -0.15) is 0 Å². The largest absolute Gasteiger partial charge is 0.465 e. The molecule has 2 aromatic carbocycles. The summed E-state index contributed by atoms with van der Waals surface area (Å²) < 4.78 is 28.1. The van der Waals surface area contributed by atoms with Gasteiger partial charge >= 0.3 is 6.09 Å². The number of aromatic nitrogens is 1. The van der Waals surface area contributed by atoms with Gasteiger partial charge in [0.05, 0.1) is 21.6 Å². The molecule has 3 aromatic rings. The maximum Gasteiger partial charge on any atom is 0.408 e. The molecule has 248 valence electrons. The Morgan fingerprint density at radius 3 is 2.35 bits per heavy atom. The number of thiocarbonyl (C=S) groups is 1. The third kappa shape index (κ3) is 7.28. The van der Waals surface area contributed by atoms with Gasteiger partial charge in [0.1, 0.15) is 23.2 Å². The lowest BCUT2D eigenvalue weighted by Gasteiger charge is -2.41. The molecule has 0 radical (unpaired) electrons. The summed E-state index contributed by atoms with van der Waals surface area (Å²) >= 11 is 11.6. The van der Waals surface area contributed by atoms with E-state index in [1.807, 2.05) is 20.8 Å². The minimum absolute atomic E-state index is 0.0253. The first-order valence-electron chi connectivity index (χ1n) is 15.4. The van der Waals surface area contributed by atoms with Crippen LogP contribution in [0.15, 0.2) is 36.4 Å². The van der Waals surface area contributed by atoms with Crippen molar-refractivity contribution in [2.75, 3.05) is 0 Å². The Morgan fingerprint density at radius 1 is 1.11 bits per heavy atom. The predicted octanol–water partition coefficient (Wildman–Crippen LogP) is 5.86. The first kappa shape index (κ1) is 35.1. The van der Waals surface area contributed by atoms with Crippen LogP contribution < -0.4 is 16.4 Å². The Kier molecular flexibility index (Phi) is 10.9. The minimum atomic E-state index is -1.57. The number of H-pyrrole nitrogens is 1. The number of aryl methyl sites for hydroxylation is 1. The fourth-order valence-electron chi connectivity index (χ4n) is 6.15. The van der Waals surface area contributed by atoms with E-state index in [-0.39, 0.29) is 35.3 Å². The van der Waals surface area contributed by atoms with E-state index in [0.29, 0.717) is 41.3 Å². The highest BCUT2D eigenvalue weighted by atomic mass is 35.5. The van der Waals surface area contributed by atoms with Gasteiger partial charge in [-0.3, -0.25) is 14.5 Å². The molecular weight excluding hydrogens is 636 g/mol. The second-order valence-electron chi connectivity index (χ2n) is 12.2. The van der Waals surface area contributed by atoms with E-state index in [1.54, 1.807) is 6.92 Å². The molecule has 0 saturated heterocycles. The first-order valence-corrected chi connectivity index (χ1v) is 16.1. The Hall–Kier alpha value is -3.77. The zero-order valence-electron chi connectivity index (χ0n) is 26.3. The smallest absolute Gasteiger partial charge is 0.408 e. The monoisotopic (exact) mass is 675 g/mol. The molecule has 4 rings (SSSR count). The first-order chi connectivity index (χ1) is 21.7. The average Bonchev–Trinajstić information content (AvgIpc) is 3.37. The number of nitrogens with zero attached hydrogens (tertiary/aromatic N) is 1. The van der Waals surface area contributed by atoms with E-state index in [2.05, 4.69) is 15.6 Å². The molecule has 3 amide bonds. The fourth-order valence-corrected chi connectivity index (χ4v) is 6.69. The third-order valence-electron chi connectivity index (χ3n) is 9.20. The van der Waals surface area contributed by atoms with Crippen LogP contribution in [0.3, 0.4) is 0 Å². The SMILES string of the molecule is CCC(C)[C@H](NC(=O)[C@@]1(NC(=O)[C@H](C(C)CC)N(Cc2ccc(F)cc2)C(=O)O)CCc2[nH]c3c(Cl)cc(F)cc3c2C1)C(N)=S. The molecule has 0 fully saturated rings. The van der Waals surface area contributed by atoms with E-state index in [4.69, 9.17) is 29.6 Å². The van der Waals surface area contributed by atoms with Crippen molar-refractivity contribution in [2.45, 2.75) is 84.0 Å². The summed E-state index contributed by atoms with van der Waals surface area (Å²) in [4.78, 5) is 45.7. The Morgan fingerprint density at radius 2 is 1.76 bits per heavy atom. The van der Waals surface area contributed by atoms with Crippen molar-refractivity contribution in [2.24, 2.45) is 17.6 Å². The number of amides is 3. The molecule has 1 aliphatic rings. The van der Waals surface area contributed by atoms with Gasteiger partial charge in [-0.05, 0) is 60.1 Å². The number of carboxylic acid groups (broad SMARTS) is 1. The van der Waals surface area contributed by atoms with Gasteiger partial charge < -0.3 is 26.5 Å². The molecule has 5 atom stereocenters. The number of benzene rings is 2. The lowest BCUT2D eigenvalue weighted by Crippen LogP contribution is -2.67. The minimum Gasteiger partial charge on any atom is -0.465 e. The molecule has 0 bridgehead atoms. The van der Waals surface area contributed by atoms with Crippen molar-refractivity contribution in [3.63, 3.8) is 0 Å². The standard InChI is InChI=1S/C33H40ClF2N5O4S/c1-5-17(3)26(29(37)46)39-31(43)33(12-11-25-23(15-33)22-13-21(36)14-24(34)27(22)38-25)40-30(42)28(18(4)6-2)41(32(44)45)16-19-7-9-20(35)10-8-19/h7-10,13-14,17-18,26,28,38H,5-6,11-12,15-16H2,1-4H3,(H2,37,46)(H,39,43)(H,40,42)(H,44,45)/t17?,18?,26-,28-,33+/m0/s1. The number of carbonyl (C=O) groups is 3. The lowest BCUT2D eigenvalue weighted by molar-refractivity contribution is -0.137. The number of rotatable bonds is 12. The Balaban J connectivity index is 1.78. The van der Waals surface area contributed by atoms with Gasteiger partial charge in [0.2, 0.25) is 11.8 Å². The zero-order valence-corrected chi connectivity index (χ0v) is 27.8. The van der Waals surface area contributed by atoms with Crippen LogP contribution >= 0.6 is 23.8 Å². The average molecular weight is 676 g/mol. The van der Waals surface area contributed by atoms with Gasteiger partial charge in [-0.25, -0.2) is 13.6 Å². The number of hydrogen-bond acceptors (Lipinski definition) is 4. The van der Waals surface area contributed by atoms with Crippen LogP contribution in [-0.4, -0.2) is 55.5 Å². The summed E-state index contributed by atoms with van der Waals surface area (Å²) in [7, 11) is 0. The molecule has 6 N–H and O–H groups in total. The van der Waals surface area contributed by atoms with Gasteiger partial charge in [0, 0.05) is 24.0 Å². The van der Waals surface area contributed by atoms with Gasteiger partial charge in [-0.1, -0.05) is 76.5 Å². The summed E-state index contributed by atoms with van der Waals surface area (Å²) in [6.45, 7) is 7.25.